The van der Waals surface area contributed by atoms with Gasteiger partial charge in [-0.2, -0.15) is 0 Å². The quantitative estimate of drug-likeness (QED) is 0.534. The average molecular weight is 472 g/mol. The van der Waals surface area contributed by atoms with E-state index in [1.165, 1.54) is 12.8 Å². The number of pyridine rings is 1. The van der Waals surface area contributed by atoms with Crippen molar-refractivity contribution in [3.05, 3.63) is 83.7 Å². The normalized spacial score (nSPS) is 23.3. The lowest BCUT2D eigenvalue weighted by Crippen LogP contribution is -2.33. The third-order valence-corrected chi connectivity index (χ3v) is 6.01. The lowest BCUT2D eigenvalue weighted by molar-refractivity contribution is 0.0935. The third kappa shape index (κ3) is 6.16. The first-order chi connectivity index (χ1) is 16.9. The van der Waals surface area contributed by atoms with Gasteiger partial charge in [-0.05, 0) is 81.4 Å². The largest absolute Gasteiger partial charge is 0.382 e. The molecular weight excluding hydrogens is 438 g/mol. The van der Waals surface area contributed by atoms with Crippen LogP contribution in [0.3, 0.4) is 0 Å². The van der Waals surface area contributed by atoms with E-state index in [1.54, 1.807) is 12.3 Å². The summed E-state index contributed by atoms with van der Waals surface area (Å²) in [5.41, 5.74) is 9.33. The van der Waals surface area contributed by atoms with Gasteiger partial charge in [0.15, 0.2) is 0 Å². The van der Waals surface area contributed by atoms with Crippen LogP contribution in [0.1, 0.15) is 35.7 Å². The minimum absolute atomic E-state index is 0.122. The highest BCUT2D eigenvalue weighted by Gasteiger charge is 2.21. The third-order valence-electron chi connectivity index (χ3n) is 6.01. The molecule has 182 valence electrons. The Hall–Kier alpha value is -3.91. The number of amides is 1. The van der Waals surface area contributed by atoms with Gasteiger partial charge < -0.3 is 21.3 Å². The molecule has 1 amide bonds. The Morgan fingerprint density at radius 3 is 2.83 bits per heavy atom. The van der Waals surface area contributed by atoms with E-state index in [9.17, 15) is 4.79 Å². The molecule has 3 heterocycles. The van der Waals surface area contributed by atoms with Crippen molar-refractivity contribution in [2.45, 2.75) is 25.8 Å². The number of nitrogens with two attached hydrogens (primary N) is 1. The summed E-state index contributed by atoms with van der Waals surface area (Å²) < 4.78 is 0. The number of benzene rings is 1. The molecule has 0 bridgehead atoms. The van der Waals surface area contributed by atoms with Gasteiger partial charge in [-0.15, -0.1) is 0 Å². The van der Waals surface area contributed by atoms with Crippen molar-refractivity contribution in [3.63, 3.8) is 0 Å². The molecule has 2 aliphatic rings. The average Bonchev–Trinajstić information content (AvgIpc) is 3.28. The number of aliphatic imine (C=N–C) groups is 1. The van der Waals surface area contributed by atoms with Crippen molar-refractivity contribution >= 4 is 29.0 Å². The van der Waals surface area contributed by atoms with E-state index in [0.29, 0.717) is 35.6 Å². The summed E-state index contributed by atoms with van der Waals surface area (Å²) in [6, 6.07) is 14.0. The molecule has 2 aromatic rings. The Morgan fingerprint density at radius 2 is 2.06 bits per heavy atom. The van der Waals surface area contributed by atoms with Crippen LogP contribution in [0.15, 0.2) is 77.6 Å². The van der Waals surface area contributed by atoms with E-state index >= 15 is 0 Å². The fourth-order valence-electron chi connectivity index (χ4n) is 4.13. The Balaban J connectivity index is 1.60. The highest BCUT2D eigenvalue weighted by Crippen LogP contribution is 2.26. The summed E-state index contributed by atoms with van der Waals surface area (Å²) >= 11 is 0. The first kappa shape index (κ1) is 24.2. The highest BCUT2D eigenvalue weighted by molar-refractivity contribution is 6.03. The van der Waals surface area contributed by atoms with Gasteiger partial charge >= 0.3 is 0 Å². The molecule has 1 aromatic heterocycles. The summed E-state index contributed by atoms with van der Waals surface area (Å²) in [4.78, 5) is 26.0. The number of carbonyl (C=O) groups is 1. The number of nitrogens with zero attached hydrogens (tertiary/aromatic N) is 4. The topological polar surface area (TPSA) is 98.9 Å². The van der Waals surface area contributed by atoms with Crippen LogP contribution in [0.25, 0.3) is 5.57 Å². The van der Waals surface area contributed by atoms with E-state index in [-0.39, 0.29) is 5.91 Å². The van der Waals surface area contributed by atoms with Crippen molar-refractivity contribution in [2.75, 3.05) is 37.5 Å². The molecule has 8 heteroatoms. The number of rotatable bonds is 7. The zero-order chi connectivity index (χ0) is 24.8. The van der Waals surface area contributed by atoms with Crippen LogP contribution in [0.2, 0.25) is 0 Å². The zero-order valence-corrected chi connectivity index (χ0v) is 20.5. The number of allylic oxidation sites excluding steroid dienone is 4. The van der Waals surface area contributed by atoms with E-state index in [2.05, 4.69) is 27.4 Å². The van der Waals surface area contributed by atoms with E-state index in [4.69, 9.17) is 10.7 Å². The van der Waals surface area contributed by atoms with Crippen LogP contribution < -0.4 is 21.3 Å². The molecule has 35 heavy (non-hydrogen) atoms. The van der Waals surface area contributed by atoms with Gasteiger partial charge in [-0.25, -0.2) is 9.98 Å². The molecule has 0 spiro atoms. The van der Waals surface area contributed by atoms with E-state index in [1.807, 2.05) is 73.6 Å². The molecule has 1 fully saturated rings. The molecule has 8 nitrogen and oxygen atoms in total. The molecule has 0 radical (unpaired) electrons. The summed E-state index contributed by atoms with van der Waals surface area (Å²) in [7, 11) is 3.81. The minimum Gasteiger partial charge on any atom is -0.382 e. The number of aromatic nitrogens is 1. The maximum Gasteiger partial charge on any atom is 0.252 e. The number of nitrogens with one attached hydrogen (secondary N) is 2. The fourth-order valence-corrected chi connectivity index (χ4v) is 4.13. The molecule has 0 aliphatic carbocycles. The maximum absolute atomic E-state index is 12.6. The predicted octanol–water partition coefficient (Wildman–Crippen LogP) is 3.58. The number of hydrogen-bond donors (Lipinski definition) is 3. The lowest BCUT2D eigenvalue weighted by atomic mass is 10.0. The number of anilines is 2. The van der Waals surface area contributed by atoms with Gasteiger partial charge in [0, 0.05) is 24.4 Å². The SMILES string of the molecule is CC1CCCN1c1cccc(NC2=C/C(c3cccc(C(=O)NCN(C)C)c3)=C\C=C/N=C\2N)n1. The zero-order valence-electron chi connectivity index (χ0n) is 20.5. The summed E-state index contributed by atoms with van der Waals surface area (Å²) in [5, 5.41) is 6.26. The second-order valence-corrected chi connectivity index (χ2v) is 9.05. The van der Waals surface area contributed by atoms with Gasteiger partial charge in [0.25, 0.3) is 5.91 Å². The minimum atomic E-state index is -0.122. The number of amidine groups is 1. The second kappa shape index (κ2) is 11.0. The summed E-state index contributed by atoms with van der Waals surface area (Å²) in [6.07, 6.45) is 9.74. The van der Waals surface area contributed by atoms with Crippen LogP contribution >= 0.6 is 0 Å². The van der Waals surface area contributed by atoms with Crippen LogP contribution in [0, 0.1) is 0 Å². The van der Waals surface area contributed by atoms with Crippen LogP contribution in [-0.2, 0) is 0 Å². The molecule has 0 saturated carbocycles. The molecule has 1 atom stereocenters. The van der Waals surface area contributed by atoms with Gasteiger partial charge in [-0.3, -0.25) is 9.69 Å². The first-order valence-electron chi connectivity index (χ1n) is 11.9. The first-order valence-corrected chi connectivity index (χ1v) is 11.9. The van der Waals surface area contributed by atoms with Gasteiger partial charge in [0.1, 0.15) is 17.5 Å². The van der Waals surface area contributed by atoms with Gasteiger partial charge in [0.05, 0.1) is 12.4 Å². The highest BCUT2D eigenvalue weighted by atomic mass is 16.1. The van der Waals surface area contributed by atoms with Crippen LogP contribution in [-0.4, -0.2) is 55.0 Å². The second-order valence-electron chi connectivity index (χ2n) is 9.05. The van der Waals surface area contributed by atoms with Gasteiger partial charge in [0.2, 0.25) is 0 Å². The smallest absolute Gasteiger partial charge is 0.252 e. The summed E-state index contributed by atoms with van der Waals surface area (Å²) in [6.45, 7) is 3.72. The van der Waals surface area contributed by atoms with Crippen molar-refractivity contribution < 1.29 is 4.79 Å². The molecule has 2 aliphatic heterocycles. The lowest BCUT2D eigenvalue weighted by Gasteiger charge is -2.23. The van der Waals surface area contributed by atoms with E-state index < -0.39 is 0 Å². The predicted molar refractivity (Wildman–Crippen MR) is 143 cm³/mol. The summed E-state index contributed by atoms with van der Waals surface area (Å²) in [5.74, 6) is 1.89. The van der Waals surface area contributed by atoms with Crippen molar-refractivity contribution in [1.82, 2.24) is 15.2 Å². The van der Waals surface area contributed by atoms with E-state index in [0.717, 1.165) is 23.5 Å². The Morgan fingerprint density at radius 1 is 1.23 bits per heavy atom. The van der Waals surface area contributed by atoms with Crippen molar-refractivity contribution in [3.8, 4) is 0 Å². The van der Waals surface area contributed by atoms with Crippen LogP contribution in [0.4, 0.5) is 11.6 Å². The van der Waals surface area contributed by atoms with Gasteiger partial charge in [-0.1, -0.05) is 24.3 Å². The Bertz CT molecular complexity index is 1200. The fraction of sp³-hybridized carbons (Fsp3) is 0.296. The molecule has 1 aromatic carbocycles. The molecular formula is C27H33N7O. The van der Waals surface area contributed by atoms with Crippen molar-refractivity contribution in [1.29, 1.82) is 0 Å². The van der Waals surface area contributed by atoms with Crippen LogP contribution in [0.5, 0.6) is 0 Å². The molecule has 4 rings (SSSR count). The number of carbonyl (C=O) groups excluding carboxylic acids is 1. The molecule has 4 N–H and O–H groups in total. The Labute approximate surface area is 206 Å². The molecule has 1 unspecified atom stereocenters. The van der Waals surface area contributed by atoms with Crippen molar-refractivity contribution in [2.24, 2.45) is 10.7 Å². The Kier molecular flexibility index (Phi) is 7.62. The molecule has 1 saturated heterocycles. The maximum atomic E-state index is 12.6. The monoisotopic (exact) mass is 471 g/mol. The number of hydrogen-bond acceptors (Lipinski definition) is 7. The standard InChI is InChI=1S/C27H33N7O/c1-19-8-7-15-34(19)25-13-5-12-24(32-25)31-23-17-21(11-6-14-29-26(23)28)20-9-4-10-22(16-20)27(35)30-18-33(2)3/h4-6,9-14,16-17,19H,7-8,15,18H2,1-3H3,(H2,28,29)(H,30,35)(H,31,32).